The molecule has 0 spiro atoms. The average Bonchev–Trinajstić information content (AvgIpc) is 3.09. The number of ether oxygens (including phenoxy) is 1. The fourth-order valence-electron chi connectivity index (χ4n) is 1.46. The highest BCUT2D eigenvalue weighted by atomic mass is 32.2. The number of methoxy groups -OCH3 is 1. The van der Waals surface area contributed by atoms with Gasteiger partial charge in [-0.25, -0.2) is 19.6 Å². The number of hydrogen-bond donors (Lipinski definition) is 1. The van der Waals surface area contributed by atoms with Gasteiger partial charge in [0.15, 0.2) is 5.65 Å². The lowest BCUT2D eigenvalue weighted by Gasteiger charge is -2.02. The standard InChI is InChI=1S/C9H8N8O2S/c1-19-5(18)2-17-9(14-15-16-17)20-8-6-7(11-3-10-6)12-4-13-8/h3-4H,2H2,1H3,(H,10,11,12,13). The largest absolute Gasteiger partial charge is 0.468 e. The second-order valence-electron chi connectivity index (χ2n) is 3.58. The molecule has 0 radical (unpaired) electrons. The number of tetrazole rings is 1. The molecule has 1 N–H and O–H groups in total. The van der Waals surface area contributed by atoms with Crippen LogP contribution >= 0.6 is 11.8 Å². The van der Waals surface area contributed by atoms with E-state index < -0.39 is 5.97 Å². The van der Waals surface area contributed by atoms with E-state index in [0.29, 0.717) is 21.3 Å². The van der Waals surface area contributed by atoms with Gasteiger partial charge < -0.3 is 9.72 Å². The summed E-state index contributed by atoms with van der Waals surface area (Å²) in [7, 11) is 1.30. The third kappa shape index (κ3) is 2.30. The highest BCUT2D eigenvalue weighted by molar-refractivity contribution is 7.99. The number of carbonyl (C=O) groups excluding carboxylic acids is 1. The molecule has 3 heterocycles. The van der Waals surface area contributed by atoms with Crippen LogP contribution in [0, 0.1) is 0 Å². The van der Waals surface area contributed by atoms with E-state index >= 15 is 0 Å². The number of aromatic amines is 1. The van der Waals surface area contributed by atoms with Crippen LogP contribution in [0.1, 0.15) is 0 Å². The van der Waals surface area contributed by atoms with Gasteiger partial charge in [-0.15, -0.1) is 5.10 Å². The summed E-state index contributed by atoms with van der Waals surface area (Å²) in [6.45, 7) is -0.0664. The molecule has 20 heavy (non-hydrogen) atoms. The number of H-pyrrole nitrogens is 1. The van der Waals surface area contributed by atoms with E-state index in [2.05, 4.69) is 40.2 Å². The fourth-order valence-corrected chi connectivity index (χ4v) is 2.27. The van der Waals surface area contributed by atoms with Gasteiger partial charge in [-0.1, -0.05) is 0 Å². The number of fused-ring (bicyclic) bond motifs is 1. The highest BCUT2D eigenvalue weighted by Crippen LogP contribution is 2.27. The first-order valence-electron chi connectivity index (χ1n) is 5.43. The number of nitrogens with one attached hydrogen (secondary N) is 1. The van der Waals surface area contributed by atoms with Gasteiger partial charge in [-0.2, -0.15) is 0 Å². The molecule has 3 aromatic heterocycles. The van der Waals surface area contributed by atoms with Crippen LogP contribution in [-0.4, -0.2) is 53.2 Å². The van der Waals surface area contributed by atoms with Crippen LogP contribution in [0.2, 0.25) is 0 Å². The van der Waals surface area contributed by atoms with Crippen LogP contribution < -0.4 is 0 Å². The molecule has 0 saturated carbocycles. The summed E-state index contributed by atoms with van der Waals surface area (Å²) in [6, 6.07) is 0. The molecule has 0 atom stereocenters. The number of hydrogen-bond acceptors (Lipinski definition) is 9. The summed E-state index contributed by atoms with van der Waals surface area (Å²) in [4.78, 5) is 26.4. The van der Waals surface area contributed by atoms with Crippen molar-refractivity contribution in [1.29, 1.82) is 0 Å². The van der Waals surface area contributed by atoms with Crippen molar-refractivity contribution in [2.45, 2.75) is 16.7 Å². The van der Waals surface area contributed by atoms with Gasteiger partial charge in [0, 0.05) is 0 Å². The molecule has 0 aliphatic carbocycles. The SMILES string of the molecule is COC(=O)Cn1nnnc1Sc1ncnc2nc[nH]c12. The maximum absolute atomic E-state index is 11.3. The van der Waals surface area contributed by atoms with E-state index in [4.69, 9.17) is 0 Å². The van der Waals surface area contributed by atoms with Crippen molar-refractivity contribution >= 4 is 28.9 Å². The van der Waals surface area contributed by atoms with Crippen LogP contribution in [0.15, 0.2) is 22.8 Å². The molecule has 3 rings (SSSR count). The molecule has 0 fully saturated rings. The minimum atomic E-state index is -0.437. The Balaban J connectivity index is 1.90. The van der Waals surface area contributed by atoms with Crippen molar-refractivity contribution in [2.75, 3.05) is 7.11 Å². The first-order valence-corrected chi connectivity index (χ1v) is 6.24. The van der Waals surface area contributed by atoms with Crippen LogP contribution in [0.3, 0.4) is 0 Å². The first-order chi connectivity index (χ1) is 9.78. The zero-order valence-electron chi connectivity index (χ0n) is 10.2. The van der Waals surface area contributed by atoms with E-state index in [1.807, 2.05) is 0 Å². The molecule has 0 aliphatic rings. The average molecular weight is 292 g/mol. The second-order valence-corrected chi connectivity index (χ2v) is 4.53. The molecule has 0 saturated heterocycles. The molecule has 102 valence electrons. The molecule has 11 heteroatoms. The smallest absolute Gasteiger partial charge is 0.327 e. The normalized spacial score (nSPS) is 10.8. The number of esters is 1. The van der Waals surface area contributed by atoms with Crippen molar-refractivity contribution < 1.29 is 9.53 Å². The van der Waals surface area contributed by atoms with E-state index in [9.17, 15) is 4.79 Å². The molecule has 0 aromatic carbocycles. The summed E-state index contributed by atoms with van der Waals surface area (Å²) in [5.41, 5.74) is 1.24. The monoisotopic (exact) mass is 292 g/mol. The van der Waals surface area contributed by atoms with Gasteiger partial charge in [-0.3, -0.25) is 4.79 Å². The number of carbonyl (C=O) groups is 1. The Hall–Kier alpha value is -2.56. The van der Waals surface area contributed by atoms with E-state index in [1.54, 1.807) is 0 Å². The summed E-state index contributed by atoms with van der Waals surface area (Å²) in [5.74, 6) is -0.437. The van der Waals surface area contributed by atoms with Crippen molar-refractivity contribution in [2.24, 2.45) is 0 Å². The Morgan fingerprint density at radius 1 is 1.45 bits per heavy atom. The molecule has 0 unspecified atom stereocenters. The summed E-state index contributed by atoms with van der Waals surface area (Å²) in [5, 5.41) is 12.2. The molecule has 0 bridgehead atoms. The number of imidazole rings is 1. The van der Waals surface area contributed by atoms with Crippen LogP contribution in [0.4, 0.5) is 0 Å². The lowest BCUT2D eigenvalue weighted by atomic mass is 10.6. The number of nitrogens with zero attached hydrogens (tertiary/aromatic N) is 7. The molecule has 10 nitrogen and oxygen atoms in total. The second kappa shape index (κ2) is 5.21. The van der Waals surface area contributed by atoms with Gasteiger partial charge in [0.2, 0.25) is 5.16 Å². The Morgan fingerprint density at radius 3 is 3.20 bits per heavy atom. The van der Waals surface area contributed by atoms with Gasteiger partial charge in [0.1, 0.15) is 23.4 Å². The van der Waals surface area contributed by atoms with Gasteiger partial charge in [-0.05, 0) is 22.2 Å². The molecule has 0 aliphatic heterocycles. The predicted octanol–water partition coefficient (Wildman–Crippen LogP) is -0.336. The molecule has 3 aromatic rings. The maximum atomic E-state index is 11.3. The summed E-state index contributed by atoms with van der Waals surface area (Å²) >= 11 is 1.20. The lowest BCUT2D eigenvalue weighted by molar-refractivity contribution is -0.141. The number of aromatic nitrogens is 8. The molecular formula is C9H8N8O2S. The molecule has 0 amide bonds. The maximum Gasteiger partial charge on any atom is 0.327 e. The van der Waals surface area contributed by atoms with E-state index in [0.717, 1.165) is 0 Å². The van der Waals surface area contributed by atoms with Crippen molar-refractivity contribution in [3.63, 3.8) is 0 Å². The van der Waals surface area contributed by atoms with Crippen LogP contribution in [0.5, 0.6) is 0 Å². The van der Waals surface area contributed by atoms with E-state index in [1.165, 1.54) is 36.2 Å². The van der Waals surface area contributed by atoms with Crippen LogP contribution in [-0.2, 0) is 16.1 Å². The summed E-state index contributed by atoms with van der Waals surface area (Å²) < 4.78 is 5.91. The first kappa shape index (κ1) is 12.5. The van der Waals surface area contributed by atoms with Crippen LogP contribution in [0.25, 0.3) is 11.2 Å². The minimum absolute atomic E-state index is 0.0664. The van der Waals surface area contributed by atoms with Gasteiger partial charge in [0.05, 0.1) is 13.4 Å². The summed E-state index contributed by atoms with van der Waals surface area (Å²) in [6.07, 6.45) is 2.93. The zero-order valence-corrected chi connectivity index (χ0v) is 11.0. The van der Waals surface area contributed by atoms with Crippen molar-refractivity contribution in [1.82, 2.24) is 40.1 Å². The van der Waals surface area contributed by atoms with Crippen molar-refractivity contribution in [3.05, 3.63) is 12.7 Å². The minimum Gasteiger partial charge on any atom is -0.468 e. The fraction of sp³-hybridized carbons (Fsp3) is 0.222. The quantitative estimate of drug-likeness (QED) is 0.508. The van der Waals surface area contributed by atoms with Gasteiger partial charge >= 0.3 is 5.97 Å². The molecular weight excluding hydrogens is 284 g/mol. The van der Waals surface area contributed by atoms with E-state index in [-0.39, 0.29) is 6.54 Å². The Kier molecular flexibility index (Phi) is 3.25. The van der Waals surface area contributed by atoms with Gasteiger partial charge in [0.25, 0.3) is 0 Å². The zero-order chi connectivity index (χ0) is 13.9. The number of rotatable bonds is 4. The Labute approximate surface area is 116 Å². The highest BCUT2D eigenvalue weighted by Gasteiger charge is 2.15. The Morgan fingerprint density at radius 2 is 2.35 bits per heavy atom. The topological polar surface area (TPSA) is 124 Å². The lowest BCUT2D eigenvalue weighted by Crippen LogP contribution is -2.13. The predicted molar refractivity (Wildman–Crippen MR) is 65.6 cm³/mol. The third-order valence-electron chi connectivity index (χ3n) is 2.38. The Bertz CT molecular complexity index is 753. The third-order valence-corrected chi connectivity index (χ3v) is 3.36. The van der Waals surface area contributed by atoms with Crippen molar-refractivity contribution in [3.8, 4) is 0 Å².